The Morgan fingerprint density at radius 1 is 1.35 bits per heavy atom. The molecule has 1 fully saturated rings. The first-order valence-electron chi connectivity index (χ1n) is 7.61. The summed E-state index contributed by atoms with van der Waals surface area (Å²) in [5.74, 6) is -0.393. The molecule has 0 radical (unpaired) electrons. The lowest BCUT2D eigenvalue weighted by Gasteiger charge is -2.07. The molecule has 1 aromatic heterocycles. The van der Waals surface area contributed by atoms with Crippen LogP contribution in [0.25, 0.3) is 0 Å². The molecule has 1 aliphatic rings. The average molecular weight is 352 g/mol. The molecule has 1 unspecified atom stereocenters. The minimum Gasteiger partial charge on any atom is -0.352 e. The van der Waals surface area contributed by atoms with Crippen molar-refractivity contribution in [1.82, 2.24) is 15.1 Å². The number of carbonyl (C=O) groups is 1. The van der Waals surface area contributed by atoms with E-state index in [0.717, 1.165) is 23.5 Å². The van der Waals surface area contributed by atoms with Crippen molar-refractivity contribution in [1.29, 1.82) is 0 Å². The van der Waals surface area contributed by atoms with Gasteiger partial charge in [0.2, 0.25) is 5.91 Å². The molecule has 3 rings (SSSR count). The molecule has 0 saturated heterocycles. The summed E-state index contributed by atoms with van der Waals surface area (Å²) in [7, 11) is 0. The summed E-state index contributed by atoms with van der Waals surface area (Å²) in [5, 5.41) is 7.50. The van der Waals surface area contributed by atoms with Crippen LogP contribution < -0.4 is 5.32 Å². The summed E-state index contributed by atoms with van der Waals surface area (Å²) < 4.78 is 1.09. The fraction of sp³-hybridized carbons (Fsp3) is 0.412. The van der Waals surface area contributed by atoms with E-state index in [9.17, 15) is 4.79 Å². The zero-order valence-electron chi connectivity index (χ0n) is 13.1. The Bertz CT molecular complexity index is 725. The predicted molar refractivity (Wildman–Crippen MR) is 91.6 cm³/mol. The first-order chi connectivity index (χ1) is 10.9. The van der Waals surface area contributed by atoms with E-state index in [2.05, 4.69) is 22.5 Å². The molecule has 1 aromatic carbocycles. The molecule has 23 heavy (non-hydrogen) atoms. The SMILES string of the molecule is Cc1nn(Cc2ccccc2)c(C)c1CNC(=O)C1CC1(Cl)Cl. The van der Waals surface area contributed by atoms with Crippen LogP contribution >= 0.6 is 23.2 Å². The Hall–Kier alpha value is -1.52. The number of benzene rings is 1. The van der Waals surface area contributed by atoms with Gasteiger partial charge in [-0.05, 0) is 25.8 Å². The van der Waals surface area contributed by atoms with Crippen LogP contribution in [0.1, 0.15) is 28.9 Å². The van der Waals surface area contributed by atoms with Crippen LogP contribution in [0.3, 0.4) is 0 Å². The van der Waals surface area contributed by atoms with Crippen LogP contribution in [0, 0.1) is 19.8 Å². The maximum absolute atomic E-state index is 12.0. The molecule has 1 heterocycles. The van der Waals surface area contributed by atoms with Crippen LogP contribution in [0.5, 0.6) is 0 Å². The van der Waals surface area contributed by atoms with Crippen molar-refractivity contribution in [2.75, 3.05) is 0 Å². The molecule has 1 amide bonds. The second kappa shape index (κ2) is 6.17. The van der Waals surface area contributed by atoms with E-state index in [4.69, 9.17) is 23.2 Å². The lowest BCUT2D eigenvalue weighted by Crippen LogP contribution is -2.26. The lowest BCUT2D eigenvalue weighted by molar-refractivity contribution is -0.122. The van der Waals surface area contributed by atoms with Crippen LogP contribution in [-0.4, -0.2) is 20.0 Å². The van der Waals surface area contributed by atoms with Gasteiger partial charge in [-0.25, -0.2) is 0 Å². The predicted octanol–water partition coefficient (Wildman–Crippen LogP) is 3.36. The highest BCUT2D eigenvalue weighted by molar-refractivity contribution is 6.52. The highest BCUT2D eigenvalue weighted by Crippen LogP contribution is 2.53. The van der Waals surface area contributed by atoms with Gasteiger partial charge in [0.25, 0.3) is 0 Å². The number of hydrogen-bond acceptors (Lipinski definition) is 2. The summed E-state index contributed by atoms with van der Waals surface area (Å²) in [5.41, 5.74) is 4.23. The summed E-state index contributed by atoms with van der Waals surface area (Å²) in [6, 6.07) is 10.2. The Kier molecular flexibility index (Phi) is 4.39. The molecule has 0 bridgehead atoms. The third kappa shape index (κ3) is 3.54. The number of carbonyl (C=O) groups excluding carboxylic acids is 1. The minimum atomic E-state index is -0.883. The minimum absolute atomic E-state index is 0.0930. The standard InChI is InChI=1S/C17H19Cl2N3O/c1-11-14(9-20-16(23)15-8-17(15,18)19)12(2)22(21-11)10-13-6-4-3-5-7-13/h3-7,15H,8-10H2,1-2H3,(H,20,23). The molecule has 1 atom stereocenters. The fourth-order valence-electron chi connectivity index (χ4n) is 2.70. The van der Waals surface area contributed by atoms with E-state index >= 15 is 0 Å². The van der Waals surface area contributed by atoms with Gasteiger partial charge in [0.15, 0.2) is 0 Å². The van der Waals surface area contributed by atoms with Crippen molar-refractivity contribution in [3.8, 4) is 0 Å². The van der Waals surface area contributed by atoms with E-state index < -0.39 is 4.33 Å². The molecule has 0 spiro atoms. The Morgan fingerprint density at radius 3 is 2.61 bits per heavy atom. The number of hydrogen-bond donors (Lipinski definition) is 1. The molecule has 1 aliphatic carbocycles. The van der Waals surface area contributed by atoms with Crippen LogP contribution in [0.2, 0.25) is 0 Å². The highest BCUT2D eigenvalue weighted by atomic mass is 35.5. The molecule has 4 nitrogen and oxygen atoms in total. The zero-order chi connectivity index (χ0) is 16.6. The third-order valence-electron chi connectivity index (χ3n) is 4.29. The van der Waals surface area contributed by atoms with Crippen LogP contribution in [0.4, 0.5) is 0 Å². The van der Waals surface area contributed by atoms with Gasteiger partial charge in [-0.1, -0.05) is 30.3 Å². The summed E-state index contributed by atoms with van der Waals surface area (Å²) in [6.07, 6.45) is 0.521. The van der Waals surface area contributed by atoms with E-state index in [1.807, 2.05) is 36.7 Å². The number of halogens is 2. The number of aromatic nitrogens is 2. The number of alkyl halides is 2. The van der Waals surface area contributed by atoms with Crippen molar-refractivity contribution in [2.24, 2.45) is 5.92 Å². The van der Waals surface area contributed by atoms with Gasteiger partial charge in [-0.15, -0.1) is 23.2 Å². The van der Waals surface area contributed by atoms with Gasteiger partial charge >= 0.3 is 0 Å². The summed E-state index contributed by atoms with van der Waals surface area (Å²) >= 11 is 11.9. The summed E-state index contributed by atoms with van der Waals surface area (Å²) in [4.78, 5) is 12.0. The lowest BCUT2D eigenvalue weighted by atomic mass is 10.2. The van der Waals surface area contributed by atoms with E-state index in [1.165, 1.54) is 5.56 Å². The molecule has 1 N–H and O–H groups in total. The van der Waals surface area contributed by atoms with Crippen molar-refractivity contribution in [3.63, 3.8) is 0 Å². The topological polar surface area (TPSA) is 46.9 Å². The maximum Gasteiger partial charge on any atom is 0.226 e. The highest BCUT2D eigenvalue weighted by Gasteiger charge is 2.56. The van der Waals surface area contributed by atoms with Crippen LogP contribution in [0.15, 0.2) is 30.3 Å². The number of aryl methyl sites for hydroxylation is 1. The monoisotopic (exact) mass is 351 g/mol. The molecular formula is C17H19Cl2N3O. The maximum atomic E-state index is 12.0. The second-order valence-corrected chi connectivity index (χ2v) is 7.57. The van der Waals surface area contributed by atoms with Gasteiger partial charge in [-0.2, -0.15) is 5.10 Å². The molecule has 2 aromatic rings. The quantitative estimate of drug-likeness (QED) is 0.839. The number of rotatable bonds is 5. The molecule has 6 heteroatoms. The van der Waals surface area contributed by atoms with Gasteiger partial charge in [-0.3, -0.25) is 9.48 Å². The van der Waals surface area contributed by atoms with Gasteiger partial charge in [0, 0.05) is 17.8 Å². The van der Waals surface area contributed by atoms with Gasteiger partial charge < -0.3 is 5.32 Å². The first kappa shape index (κ1) is 16.3. The molecule has 1 saturated carbocycles. The van der Waals surface area contributed by atoms with Crippen molar-refractivity contribution in [2.45, 2.75) is 37.7 Å². The number of amides is 1. The third-order valence-corrected chi connectivity index (χ3v) is 5.12. The molecule has 122 valence electrons. The Labute approximate surface area is 145 Å². The first-order valence-corrected chi connectivity index (χ1v) is 8.36. The normalized spacial score (nSPS) is 18.7. The van der Waals surface area contributed by atoms with Crippen molar-refractivity contribution >= 4 is 29.1 Å². The number of nitrogens with zero attached hydrogens (tertiary/aromatic N) is 2. The largest absolute Gasteiger partial charge is 0.352 e. The van der Waals surface area contributed by atoms with Crippen molar-refractivity contribution < 1.29 is 4.79 Å². The average Bonchev–Trinajstić information content (AvgIpc) is 3.07. The van der Waals surface area contributed by atoms with E-state index in [0.29, 0.717) is 13.0 Å². The van der Waals surface area contributed by atoms with Gasteiger partial charge in [0.05, 0.1) is 18.2 Å². The molecule has 0 aliphatic heterocycles. The van der Waals surface area contributed by atoms with Crippen LogP contribution in [-0.2, 0) is 17.9 Å². The number of nitrogens with one attached hydrogen (secondary N) is 1. The van der Waals surface area contributed by atoms with E-state index in [1.54, 1.807) is 0 Å². The van der Waals surface area contributed by atoms with Crippen molar-refractivity contribution in [3.05, 3.63) is 52.8 Å². The second-order valence-electron chi connectivity index (χ2n) is 6.03. The Morgan fingerprint density at radius 2 is 2.00 bits per heavy atom. The van der Waals surface area contributed by atoms with Gasteiger partial charge in [0.1, 0.15) is 4.33 Å². The molecular weight excluding hydrogens is 333 g/mol. The fourth-order valence-corrected chi connectivity index (χ4v) is 3.20. The summed E-state index contributed by atoms with van der Waals surface area (Å²) in [6.45, 7) is 5.15. The van der Waals surface area contributed by atoms with E-state index in [-0.39, 0.29) is 11.8 Å². The zero-order valence-corrected chi connectivity index (χ0v) is 14.7. The smallest absolute Gasteiger partial charge is 0.226 e. The Balaban J connectivity index is 1.67.